The molecule has 10 heteroatoms. The van der Waals surface area contributed by atoms with E-state index in [2.05, 4.69) is 25.0 Å². The maximum absolute atomic E-state index is 14.2. The molecule has 1 saturated carbocycles. The van der Waals surface area contributed by atoms with E-state index in [0.717, 1.165) is 47.8 Å². The SMILES string of the molecule is Cn1cnc(S(=O)(=O)NC(C)(Cc2c[nH]c3ccccc23)C(=O)NC(c2ccccn2)C2CCCCC2)c1. The van der Waals surface area contributed by atoms with Gasteiger partial charge >= 0.3 is 0 Å². The van der Waals surface area contributed by atoms with Crippen LogP contribution in [-0.4, -0.2) is 39.4 Å². The number of imidazole rings is 1. The standard InChI is InChI=1S/C28H34N6O3S/c1-28(33-38(36,37)25-18-34(2)19-31-25,16-21-17-30-23-13-7-6-12-22(21)23)27(35)32-26(20-10-4-3-5-11-20)24-14-8-9-15-29-24/h6-9,12-15,17-20,26,30,33H,3-5,10-11,16H2,1-2H3,(H,32,35). The predicted molar refractivity (Wildman–Crippen MR) is 146 cm³/mol. The molecule has 0 bridgehead atoms. The maximum Gasteiger partial charge on any atom is 0.260 e. The Labute approximate surface area is 223 Å². The Bertz CT molecular complexity index is 1510. The number of aromatic nitrogens is 4. The van der Waals surface area contributed by atoms with Crippen LogP contribution in [0.2, 0.25) is 0 Å². The number of nitrogens with one attached hydrogen (secondary N) is 3. The van der Waals surface area contributed by atoms with Crippen molar-refractivity contribution in [2.75, 3.05) is 0 Å². The molecule has 3 aromatic heterocycles. The molecule has 38 heavy (non-hydrogen) atoms. The van der Waals surface area contributed by atoms with Gasteiger partial charge in [0, 0.05) is 43.0 Å². The first-order valence-corrected chi connectivity index (χ1v) is 14.5. The number of carbonyl (C=O) groups is 1. The zero-order valence-electron chi connectivity index (χ0n) is 21.7. The molecule has 2 atom stereocenters. The minimum Gasteiger partial charge on any atom is -0.361 e. The van der Waals surface area contributed by atoms with Gasteiger partial charge in [-0.15, -0.1) is 0 Å². The zero-order chi connectivity index (χ0) is 26.8. The van der Waals surface area contributed by atoms with Crippen LogP contribution < -0.4 is 10.0 Å². The zero-order valence-corrected chi connectivity index (χ0v) is 22.5. The van der Waals surface area contributed by atoms with E-state index in [4.69, 9.17) is 0 Å². The third kappa shape index (κ3) is 5.51. The Morgan fingerprint density at radius 1 is 1.13 bits per heavy atom. The minimum atomic E-state index is -4.09. The van der Waals surface area contributed by atoms with E-state index in [-0.39, 0.29) is 23.4 Å². The summed E-state index contributed by atoms with van der Waals surface area (Å²) < 4.78 is 31.1. The van der Waals surface area contributed by atoms with Crippen LogP contribution in [0.5, 0.6) is 0 Å². The van der Waals surface area contributed by atoms with Gasteiger partial charge in [0.15, 0.2) is 5.03 Å². The monoisotopic (exact) mass is 534 g/mol. The lowest BCUT2D eigenvalue weighted by molar-refractivity contribution is -0.127. The number of aryl methyl sites for hydroxylation is 1. The molecule has 0 saturated heterocycles. The number of hydrogen-bond acceptors (Lipinski definition) is 5. The molecule has 1 aromatic carbocycles. The van der Waals surface area contributed by atoms with E-state index in [1.54, 1.807) is 24.7 Å². The first kappa shape index (κ1) is 26.1. The van der Waals surface area contributed by atoms with Crippen LogP contribution in [-0.2, 0) is 28.3 Å². The highest BCUT2D eigenvalue weighted by atomic mass is 32.2. The summed E-state index contributed by atoms with van der Waals surface area (Å²) in [5.74, 6) is -0.171. The molecule has 2 unspecified atom stereocenters. The number of benzene rings is 1. The summed E-state index contributed by atoms with van der Waals surface area (Å²) in [5.41, 5.74) is 1.05. The van der Waals surface area contributed by atoms with Gasteiger partial charge in [-0.25, -0.2) is 13.4 Å². The number of aromatic amines is 1. The highest BCUT2D eigenvalue weighted by Crippen LogP contribution is 2.34. The van der Waals surface area contributed by atoms with Gasteiger partial charge in [-0.2, -0.15) is 4.72 Å². The van der Waals surface area contributed by atoms with E-state index in [0.29, 0.717) is 0 Å². The Morgan fingerprint density at radius 2 is 1.89 bits per heavy atom. The number of hydrogen-bond donors (Lipinski definition) is 3. The minimum absolute atomic E-state index is 0.133. The summed E-state index contributed by atoms with van der Waals surface area (Å²) in [5, 5.41) is 4.03. The quantitative estimate of drug-likeness (QED) is 0.300. The summed E-state index contributed by atoms with van der Waals surface area (Å²) in [4.78, 5) is 26.0. The van der Waals surface area contributed by atoms with Gasteiger partial charge < -0.3 is 14.9 Å². The topological polar surface area (TPSA) is 122 Å². The lowest BCUT2D eigenvalue weighted by Crippen LogP contribution is -2.59. The second kappa shape index (κ2) is 10.7. The largest absolute Gasteiger partial charge is 0.361 e. The van der Waals surface area contributed by atoms with Crippen LogP contribution in [0.4, 0.5) is 0 Å². The van der Waals surface area contributed by atoms with Crippen molar-refractivity contribution in [3.8, 4) is 0 Å². The molecule has 0 aliphatic heterocycles. The number of rotatable bonds is 9. The Kier molecular flexibility index (Phi) is 7.36. The van der Waals surface area contributed by atoms with Gasteiger partial charge in [-0.05, 0) is 49.4 Å². The molecule has 0 spiro atoms. The van der Waals surface area contributed by atoms with Crippen molar-refractivity contribution in [1.29, 1.82) is 0 Å². The lowest BCUT2D eigenvalue weighted by atomic mass is 9.82. The van der Waals surface area contributed by atoms with Crippen LogP contribution in [0, 0.1) is 5.92 Å². The number of sulfonamides is 1. The number of fused-ring (bicyclic) bond motifs is 1. The fraction of sp³-hybridized carbons (Fsp3) is 0.393. The van der Waals surface area contributed by atoms with Crippen molar-refractivity contribution >= 4 is 26.8 Å². The second-order valence-corrected chi connectivity index (χ2v) is 12.1. The van der Waals surface area contributed by atoms with E-state index in [1.807, 2.05) is 48.7 Å². The summed E-state index contributed by atoms with van der Waals surface area (Å²) in [6, 6.07) is 13.2. The molecule has 1 amide bonds. The summed E-state index contributed by atoms with van der Waals surface area (Å²) in [6.45, 7) is 1.64. The van der Waals surface area contributed by atoms with E-state index in [1.165, 1.54) is 18.9 Å². The van der Waals surface area contributed by atoms with Crippen LogP contribution in [0.15, 0.2) is 72.4 Å². The first-order valence-electron chi connectivity index (χ1n) is 13.0. The maximum atomic E-state index is 14.2. The smallest absolute Gasteiger partial charge is 0.260 e. The van der Waals surface area contributed by atoms with Gasteiger partial charge in [0.1, 0.15) is 5.54 Å². The normalized spacial score (nSPS) is 17.2. The second-order valence-electron chi connectivity index (χ2n) is 10.5. The van der Waals surface area contributed by atoms with Gasteiger partial charge in [-0.1, -0.05) is 43.5 Å². The van der Waals surface area contributed by atoms with Crippen molar-refractivity contribution in [2.24, 2.45) is 13.0 Å². The molecule has 1 aliphatic carbocycles. The van der Waals surface area contributed by atoms with Crippen LogP contribution in [0.25, 0.3) is 10.9 Å². The third-order valence-corrected chi connectivity index (χ3v) is 8.93. The van der Waals surface area contributed by atoms with Gasteiger partial charge in [0.05, 0.1) is 18.1 Å². The summed E-state index contributed by atoms with van der Waals surface area (Å²) in [7, 11) is -2.39. The molecular weight excluding hydrogens is 500 g/mol. The molecule has 3 heterocycles. The number of H-pyrrole nitrogens is 1. The molecule has 3 N–H and O–H groups in total. The van der Waals surface area contributed by atoms with E-state index >= 15 is 0 Å². The highest BCUT2D eigenvalue weighted by Gasteiger charge is 2.41. The molecule has 200 valence electrons. The van der Waals surface area contributed by atoms with Gasteiger partial charge in [0.25, 0.3) is 10.0 Å². The molecule has 5 rings (SSSR count). The third-order valence-electron chi connectivity index (χ3n) is 7.45. The van der Waals surface area contributed by atoms with E-state index in [9.17, 15) is 13.2 Å². The molecule has 0 radical (unpaired) electrons. The van der Waals surface area contributed by atoms with Crippen LogP contribution in [0.3, 0.4) is 0 Å². The molecular formula is C28H34N6O3S. The predicted octanol–water partition coefficient (Wildman–Crippen LogP) is 4.01. The molecule has 1 aliphatic rings. The lowest BCUT2D eigenvalue weighted by Gasteiger charge is -2.35. The number of nitrogens with zero attached hydrogens (tertiary/aromatic N) is 3. The Balaban J connectivity index is 1.51. The van der Waals surface area contributed by atoms with Crippen molar-refractivity contribution in [3.63, 3.8) is 0 Å². The average Bonchev–Trinajstić information content (AvgIpc) is 3.54. The number of carbonyl (C=O) groups excluding carboxylic acids is 1. The summed E-state index contributed by atoms with van der Waals surface area (Å²) in [6.07, 6.45) is 11.9. The first-order chi connectivity index (χ1) is 18.2. The number of amides is 1. The van der Waals surface area contributed by atoms with Crippen molar-refractivity contribution in [2.45, 2.75) is 62.1 Å². The van der Waals surface area contributed by atoms with Crippen molar-refractivity contribution in [3.05, 3.63) is 78.6 Å². The molecule has 1 fully saturated rings. The molecule has 9 nitrogen and oxygen atoms in total. The molecule has 4 aromatic rings. The Morgan fingerprint density at radius 3 is 2.61 bits per heavy atom. The fourth-order valence-electron chi connectivity index (χ4n) is 5.46. The fourth-order valence-corrected chi connectivity index (χ4v) is 6.81. The van der Waals surface area contributed by atoms with Gasteiger partial charge in [0.2, 0.25) is 5.91 Å². The van der Waals surface area contributed by atoms with Gasteiger partial charge in [-0.3, -0.25) is 9.78 Å². The highest BCUT2D eigenvalue weighted by molar-refractivity contribution is 7.89. The van der Waals surface area contributed by atoms with Crippen molar-refractivity contribution < 1.29 is 13.2 Å². The van der Waals surface area contributed by atoms with Crippen LogP contribution >= 0.6 is 0 Å². The van der Waals surface area contributed by atoms with Crippen LogP contribution in [0.1, 0.15) is 56.3 Å². The average molecular weight is 535 g/mol. The van der Waals surface area contributed by atoms with E-state index < -0.39 is 21.5 Å². The summed E-state index contributed by atoms with van der Waals surface area (Å²) >= 11 is 0. The Hall–Kier alpha value is -3.50. The van der Waals surface area contributed by atoms with Crippen molar-refractivity contribution in [1.82, 2.24) is 29.6 Å². The number of pyridine rings is 1. The number of para-hydroxylation sites is 1.